The molecular weight excluding hydrogens is 277 g/mol. The number of benzene rings is 1. The first-order valence-corrected chi connectivity index (χ1v) is 5.98. The number of rotatable bonds is 4. The van der Waals surface area contributed by atoms with Gasteiger partial charge in [-0.05, 0) is 17.7 Å². The Morgan fingerprint density at radius 2 is 2.17 bits per heavy atom. The predicted molar refractivity (Wildman–Crippen MR) is 67.6 cm³/mol. The van der Waals surface area contributed by atoms with Gasteiger partial charge in [0, 0.05) is 16.5 Å². The Morgan fingerprint density at radius 1 is 1.39 bits per heavy atom. The van der Waals surface area contributed by atoms with Gasteiger partial charge in [0.2, 0.25) is 5.89 Å². The van der Waals surface area contributed by atoms with Crippen LogP contribution in [-0.4, -0.2) is 21.9 Å². The van der Waals surface area contributed by atoms with Crippen LogP contribution in [-0.2, 0) is 6.42 Å². The average Bonchev–Trinajstić information content (AvgIpc) is 2.80. The van der Waals surface area contributed by atoms with Crippen molar-refractivity contribution >= 4 is 23.2 Å². The molecule has 0 aliphatic carbocycles. The Balaban J connectivity index is 2.16. The molecule has 2 rings (SSSR count). The zero-order valence-electron chi connectivity index (χ0n) is 9.31. The molecule has 0 amide bonds. The van der Waals surface area contributed by atoms with Crippen molar-refractivity contribution in [3.63, 3.8) is 0 Å². The summed E-state index contributed by atoms with van der Waals surface area (Å²) >= 11 is 11.8. The molecule has 2 aromatic rings. The van der Waals surface area contributed by atoms with E-state index in [1.54, 1.807) is 18.2 Å². The first kappa shape index (κ1) is 13.3. The van der Waals surface area contributed by atoms with Gasteiger partial charge in [-0.3, -0.25) is 0 Å². The highest BCUT2D eigenvalue weighted by atomic mass is 35.5. The Bertz CT molecular complexity index is 545. The van der Waals surface area contributed by atoms with Crippen LogP contribution in [0, 0.1) is 0 Å². The third-order valence-corrected chi connectivity index (χ3v) is 2.95. The van der Waals surface area contributed by atoms with E-state index in [1.807, 2.05) is 0 Å². The minimum Gasteiger partial charge on any atom is -0.394 e. The van der Waals surface area contributed by atoms with Gasteiger partial charge in [-0.15, -0.1) is 0 Å². The summed E-state index contributed by atoms with van der Waals surface area (Å²) in [6, 6.07) is 4.53. The molecule has 0 aliphatic heterocycles. The average molecular weight is 288 g/mol. The van der Waals surface area contributed by atoms with Crippen LogP contribution in [0.4, 0.5) is 0 Å². The number of aromatic nitrogens is 2. The fourth-order valence-electron chi connectivity index (χ4n) is 1.40. The first-order chi connectivity index (χ1) is 8.60. The van der Waals surface area contributed by atoms with E-state index in [0.29, 0.717) is 22.3 Å². The second-order valence-corrected chi connectivity index (χ2v) is 4.59. The predicted octanol–water partition coefficient (Wildman–Crippen LogP) is 1.96. The van der Waals surface area contributed by atoms with Crippen LogP contribution in [0.1, 0.15) is 23.3 Å². The Kier molecular flexibility index (Phi) is 4.19. The van der Waals surface area contributed by atoms with Gasteiger partial charge in [0.15, 0.2) is 5.82 Å². The lowest BCUT2D eigenvalue weighted by molar-refractivity contribution is 0.236. The maximum absolute atomic E-state index is 8.87. The third kappa shape index (κ3) is 3.00. The molecule has 7 heteroatoms. The second-order valence-electron chi connectivity index (χ2n) is 3.75. The van der Waals surface area contributed by atoms with Crippen LogP contribution in [0.25, 0.3) is 0 Å². The molecule has 0 unspecified atom stereocenters. The molecule has 0 fully saturated rings. The Hall–Kier alpha value is -1.14. The highest BCUT2D eigenvalue weighted by Crippen LogP contribution is 2.22. The van der Waals surface area contributed by atoms with Gasteiger partial charge in [-0.2, -0.15) is 4.98 Å². The second kappa shape index (κ2) is 5.67. The molecule has 1 aromatic carbocycles. The van der Waals surface area contributed by atoms with Crippen molar-refractivity contribution in [1.82, 2.24) is 10.1 Å². The van der Waals surface area contributed by atoms with Gasteiger partial charge in [0.1, 0.15) is 6.04 Å². The van der Waals surface area contributed by atoms with Crippen molar-refractivity contribution in [1.29, 1.82) is 0 Å². The van der Waals surface area contributed by atoms with E-state index in [2.05, 4.69) is 10.1 Å². The summed E-state index contributed by atoms with van der Waals surface area (Å²) in [5, 5.41) is 13.8. The molecule has 0 saturated heterocycles. The summed E-state index contributed by atoms with van der Waals surface area (Å²) in [4.78, 5) is 4.09. The molecule has 18 heavy (non-hydrogen) atoms. The minimum absolute atomic E-state index is 0.206. The molecule has 1 aromatic heterocycles. The molecular formula is C11H11Cl2N3O2. The SMILES string of the molecule is N[C@H](CO)c1nc(Cc2ccc(Cl)cc2Cl)no1. The monoisotopic (exact) mass is 287 g/mol. The third-order valence-electron chi connectivity index (χ3n) is 2.36. The summed E-state index contributed by atoms with van der Waals surface area (Å²) in [6.45, 7) is -0.247. The smallest absolute Gasteiger partial charge is 0.245 e. The topological polar surface area (TPSA) is 85.2 Å². The number of nitrogens with two attached hydrogens (primary N) is 1. The number of aliphatic hydroxyl groups excluding tert-OH is 1. The van der Waals surface area contributed by atoms with Gasteiger partial charge in [0.25, 0.3) is 0 Å². The zero-order valence-corrected chi connectivity index (χ0v) is 10.8. The minimum atomic E-state index is -0.660. The van der Waals surface area contributed by atoms with Crippen molar-refractivity contribution in [3.8, 4) is 0 Å². The van der Waals surface area contributed by atoms with Crippen LogP contribution in [0.5, 0.6) is 0 Å². The van der Waals surface area contributed by atoms with Crippen molar-refractivity contribution in [2.45, 2.75) is 12.5 Å². The molecule has 0 saturated carbocycles. The Labute approximate surface area is 114 Å². The fraction of sp³-hybridized carbons (Fsp3) is 0.273. The fourth-order valence-corrected chi connectivity index (χ4v) is 1.88. The highest BCUT2D eigenvalue weighted by Gasteiger charge is 2.14. The van der Waals surface area contributed by atoms with Crippen molar-refractivity contribution < 1.29 is 9.63 Å². The van der Waals surface area contributed by atoms with Crippen LogP contribution in [0.15, 0.2) is 22.7 Å². The van der Waals surface area contributed by atoms with Gasteiger partial charge in [0.05, 0.1) is 6.61 Å². The van der Waals surface area contributed by atoms with Crippen LogP contribution < -0.4 is 5.73 Å². The molecule has 0 bridgehead atoms. The van der Waals surface area contributed by atoms with Crippen LogP contribution in [0.2, 0.25) is 10.0 Å². The molecule has 0 radical (unpaired) electrons. The molecule has 3 N–H and O–H groups in total. The number of aliphatic hydroxyl groups is 1. The number of nitrogens with zero attached hydrogens (tertiary/aromatic N) is 2. The van der Waals surface area contributed by atoms with Gasteiger partial charge in [-0.25, -0.2) is 0 Å². The summed E-state index contributed by atoms with van der Waals surface area (Å²) < 4.78 is 4.94. The van der Waals surface area contributed by atoms with E-state index in [0.717, 1.165) is 5.56 Å². The molecule has 1 atom stereocenters. The molecule has 0 aliphatic rings. The summed E-state index contributed by atoms with van der Waals surface area (Å²) in [7, 11) is 0. The summed E-state index contributed by atoms with van der Waals surface area (Å²) in [6.07, 6.45) is 0.414. The molecule has 5 nitrogen and oxygen atoms in total. The standard InChI is InChI=1S/C11H11Cl2N3O2/c12-7-2-1-6(8(13)4-7)3-10-15-11(18-16-10)9(14)5-17/h1-2,4,9,17H,3,5,14H2/t9-/m1/s1. The summed E-state index contributed by atoms with van der Waals surface area (Å²) in [5.74, 6) is 0.663. The van der Waals surface area contributed by atoms with Gasteiger partial charge >= 0.3 is 0 Å². The lowest BCUT2D eigenvalue weighted by Gasteiger charge is -2.01. The molecule has 1 heterocycles. The van der Waals surface area contributed by atoms with E-state index >= 15 is 0 Å². The van der Waals surface area contributed by atoms with E-state index < -0.39 is 6.04 Å². The van der Waals surface area contributed by atoms with E-state index in [-0.39, 0.29) is 12.5 Å². The lowest BCUT2D eigenvalue weighted by Crippen LogP contribution is -2.14. The lowest BCUT2D eigenvalue weighted by atomic mass is 10.1. The summed E-state index contributed by atoms with van der Waals surface area (Å²) in [5.41, 5.74) is 6.40. The van der Waals surface area contributed by atoms with Gasteiger partial charge < -0.3 is 15.4 Å². The van der Waals surface area contributed by atoms with E-state index in [9.17, 15) is 0 Å². The molecule has 0 spiro atoms. The molecule has 96 valence electrons. The van der Waals surface area contributed by atoms with Crippen molar-refractivity contribution in [3.05, 3.63) is 45.5 Å². The first-order valence-electron chi connectivity index (χ1n) is 5.23. The number of hydrogen-bond donors (Lipinski definition) is 2. The van der Waals surface area contributed by atoms with Crippen molar-refractivity contribution in [2.75, 3.05) is 6.61 Å². The number of hydrogen-bond acceptors (Lipinski definition) is 5. The number of halogens is 2. The zero-order chi connectivity index (χ0) is 13.1. The van der Waals surface area contributed by atoms with Crippen LogP contribution in [0.3, 0.4) is 0 Å². The van der Waals surface area contributed by atoms with Crippen LogP contribution >= 0.6 is 23.2 Å². The van der Waals surface area contributed by atoms with Crippen molar-refractivity contribution in [2.24, 2.45) is 5.73 Å². The van der Waals surface area contributed by atoms with E-state index in [4.69, 9.17) is 38.6 Å². The quantitative estimate of drug-likeness (QED) is 0.898. The van der Waals surface area contributed by atoms with E-state index in [1.165, 1.54) is 0 Å². The largest absolute Gasteiger partial charge is 0.394 e. The Morgan fingerprint density at radius 3 is 2.83 bits per heavy atom. The maximum Gasteiger partial charge on any atom is 0.245 e. The maximum atomic E-state index is 8.87. The van der Waals surface area contributed by atoms with Gasteiger partial charge in [-0.1, -0.05) is 34.4 Å². The normalized spacial score (nSPS) is 12.7. The highest BCUT2D eigenvalue weighted by molar-refractivity contribution is 6.35.